The van der Waals surface area contributed by atoms with Gasteiger partial charge in [0, 0.05) is 25.2 Å². The van der Waals surface area contributed by atoms with Crippen LogP contribution in [0.4, 0.5) is 11.4 Å². The summed E-state index contributed by atoms with van der Waals surface area (Å²) in [6.07, 6.45) is 4.93. The topological polar surface area (TPSA) is 58.9 Å². The van der Waals surface area contributed by atoms with Crippen LogP contribution < -0.4 is 9.64 Å². The minimum atomic E-state index is -0.379. The predicted octanol–water partition coefficient (Wildman–Crippen LogP) is 3.30. The first-order valence-corrected chi connectivity index (χ1v) is 8.90. The number of hydrogen-bond acceptors (Lipinski definition) is 5. The first-order valence-electron chi connectivity index (χ1n) is 8.90. The third-order valence-electron chi connectivity index (χ3n) is 5.51. The SMILES string of the molecule is COc1cc([N+](=O)[O-])ccc1N1CCC(N2CCC(C)CC2)CC1. The van der Waals surface area contributed by atoms with Crippen molar-refractivity contribution in [2.45, 2.75) is 38.6 Å². The van der Waals surface area contributed by atoms with Gasteiger partial charge in [-0.2, -0.15) is 0 Å². The Balaban J connectivity index is 1.63. The van der Waals surface area contributed by atoms with E-state index in [2.05, 4.69) is 16.7 Å². The molecule has 1 aromatic rings. The second-order valence-corrected chi connectivity index (χ2v) is 7.05. The number of nitrogens with zero attached hydrogens (tertiary/aromatic N) is 3. The van der Waals surface area contributed by atoms with Gasteiger partial charge in [-0.1, -0.05) is 6.92 Å². The molecule has 0 radical (unpaired) electrons. The van der Waals surface area contributed by atoms with Crippen molar-refractivity contribution in [2.24, 2.45) is 5.92 Å². The molecule has 2 heterocycles. The Bertz CT molecular complexity index is 577. The smallest absolute Gasteiger partial charge is 0.273 e. The first-order chi connectivity index (χ1) is 11.6. The number of likely N-dealkylation sites (tertiary alicyclic amines) is 1. The van der Waals surface area contributed by atoms with E-state index < -0.39 is 0 Å². The number of benzene rings is 1. The zero-order valence-electron chi connectivity index (χ0n) is 14.6. The summed E-state index contributed by atoms with van der Waals surface area (Å²) in [7, 11) is 1.57. The first kappa shape index (κ1) is 17.0. The van der Waals surface area contributed by atoms with Crippen LogP contribution >= 0.6 is 0 Å². The van der Waals surface area contributed by atoms with Crippen LogP contribution in [0.1, 0.15) is 32.6 Å². The molecule has 6 nitrogen and oxygen atoms in total. The fraction of sp³-hybridized carbons (Fsp3) is 0.667. The minimum absolute atomic E-state index is 0.0768. The van der Waals surface area contributed by atoms with Gasteiger partial charge in [0.1, 0.15) is 5.75 Å². The van der Waals surface area contributed by atoms with E-state index in [9.17, 15) is 10.1 Å². The van der Waals surface area contributed by atoms with Gasteiger partial charge in [0.15, 0.2) is 0 Å². The Morgan fingerprint density at radius 3 is 2.38 bits per heavy atom. The molecule has 132 valence electrons. The lowest BCUT2D eigenvalue weighted by atomic mass is 9.94. The van der Waals surface area contributed by atoms with Gasteiger partial charge in [-0.25, -0.2) is 0 Å². The Morgan fingerprint density at radius 2 is 1.79 bits per heavy atom. The van der Waals surface area contributed by atoms with Crippen molar-refractivity contribution in [3.63, 3.8) is 0 Å². The molecule has 3 rings (SSSR count). The van der Waals surface area contributed by atoms with Crippen LogP contribution in [0.2, 0.25) is 0 Å². The summed E-state index contributed by atoms with van der Waals surface area (Å²) in [5, 5.41) is 10.9. The van der Waals surface area contributed by atoms with E-state index in [1.165, 1.54) is 32.0 Å². The van der Waals surface area contributed by atoms with Crippen LogP contribution in [-0.2, 0) is 0 Å². The fourth-order valence-electron chi connectivity index (χ4n) is 3.91. The molecule has 2 saturated heterocycles. The third-order valence-corrected chi connectivity index (χ3v) is 5.51. The van der Waals surface area contributed by atoms with Crippen LogP contribution in [0, 0.1) is 16.0 Å². The van der Waals surface area contributed by atoms with Crippen LogP contribution in [-0.4, -0.2) is 49.2 Å². The molecule has 0 unspecified atom stereocenters. The Hall–Kier alpha value is -1.82. The van der Waals surface area contributed by atoms with E-state index in [0.717, 1.165) is 37.5 Å². The molecular formula is C18H27N3O3. The van der Waals surface area contributed by atoms with Gasteiger partial charge in [0.2, 0.25) is 0 Å². The minimum Gasteiger partial charge on any atom is -0.494 e. The summed E-state index contributed by atoms with van der Waals surface area (Å²) >= 11 is 0. The van der Waals surface area contributed by atoms with Crippen LogP contribution in [0.25, 0.3) is 0 Å². The number of non-ortho nitro benzene ring substituents is 1. The van der Waals surface area contributed by atoms with Gasteiger partial charge in [0.25, 0.3) is 5.69 Å². The molecular weight excluding hydrogens is 306 g/mol. The number of ether oxygens (including phenoxy) is 1. The monoisotopic (exact) mass is 333 g/mol. The molecule has 2 aliphatic rings. The van der Waals surface area contributed by atoms with Crippen molar-refractivity contribution in [3.05, 3.63) is 28.3 Å². The molecule has 24 heavy (non-hydrogen) atoms. The Morgan fingerprint density at radius 1 is 1.12 bits per heavy atom. The summed E-state index contributed by atoms with van der Waals surface area (Å²) in [6.45, 7) is 6.76. The maximum atomic E-state index is 10.9. The van der Waals surface area contributed by atoms with Crippen LogP contribution in [0.15, 0.2) is 18.2 Å². The van der Waals surface area contributed by atoms with E-state index in [0.29, 0.717) is 11.8 Å². The van der Waals surface area contributed by atoms with Gasteiger partial charge < -0.3 is 14.5 Å². The van der Waals surface area contributed by atoms with E-state index in [4.69, 9.17) is 4.74 Å². The maximum absolute atomic E-state index is 10.9. The standard InChI is InChI=1S/C18H27N3O3/c1-14-5-9-19(10-6-14)15-7-11-20(12-8-15)17-4-3-16(21(22)23)13-18(17)24-2/h3-4,13-15H,5-12H2,1-2H3. The fourth-order valence-corrected chi connectivity index (χ4v) is 3.91. The molecule has 6 heteroatoms. The molecule has 0 saturated carbocycles. The quantitative estimate of drug-likeness (QED) is 0.625. The van der Waals surface area contributed by atoms with E-state index in [1.807, 2.05) is 6.07 Å². The lowest BCUT2D eigenvalue weighted by Gasteiger charge is -2.42. The maximum Gasteiger partial charge on any atom is 0.273 e. The Labute approximate surface area is 143 Å². The number of methoxy groups -OCH3 is 1. The van der Waals surface area contributed by atoms with E-state index in [-0.39, 0.29) is 10.6 Å². The number of piperidine rings is 2. The lowest BCUT2D eigenvalue weighted by Crippen LogP contribution is -2.47. The number of nitro groups is 1. The van der Waals surface area contributed by atoms with E-state index >= 15 is 0 Å². The van der Waals surface area contributed by atoms with Crippen molar-refractivity contribution < 1.29 is 9.66 Å². The number of hydrogen-bond donors (Lipinski definition) is 0. The third kappa shape index (κ3) is 3.64. The summed E-state index contributed by atoms with van der Waals surface area (Å²) in [5.41, 5.74) is 1.04. The highest BCUT2D eigenvalue weighted by molar-refractivity contribution is 5.62. The predicted molar refractivity (Wildman–Crippen MR) is 94.9 cm³/mol. The summed E-state index contributed by atoms with van der Waals surface area (Å²) in [6, 6.07) is 5.58. The molecule has 0 atom stereocenters. The normalized spacial score (nSPS) is 21.0. The zero-order valence-corrected chi connectivity index (χ0v) is 14.6. The van der Waals surface area contributed by atoms with Crippen molar-refractivity contribution >= 4 is 11.4 Å². The number of rotatable bonds is 4. The summed E-state index contributed by atoms with van der Waals surface area (Å²) in [4.78, 5) is 15.5. The van der Waals surface area contributed by atoms with Gasteiger partial charge in [-0.15, -0.1) is 0 Å². The zero-order chi connectivity index (χ0) is 17.1. The van der Waals surface area contributed by atoms with Gasteiger partial charge in [-0.05, 0) is 50.8 Å². The van der Waals surface area contributed by atoms with Gasteiger partial charge in [0.05, 0.1) is 23.8 Å². The molecule has 0 spiro atoms. The summed E-state index contributed by atoms with van der Waals surface area (Å²) in [5.74, 6) is 1.46. The highest BCUT2D eigenvalue weighted by Gasteiger charge is 2.28. The molecule has 0 N–H and O–H groups in total. The van der Waals surface area contributed by atoms with Crippen molar-refractivity contribution in [1.29, 1.82) is 0 Å². The van der Waals surface area contributed by atoms with Crippen molar-refractivity contribution in [1.82, 2.24) is 4.90 Å². The molecule has 2 aliphatic heterocycles. The van der Waals surface area contributed by atoms with E-state index in [1.54, 1.807) is 13.2 Å². The second kappa shape index (κ2) is 7.38. The second-order valence-electron chi connectivity index (χ2n) is 7.05. The van der Waals surface area contributed by atoms with Crippen molar-refractivity contribution in [3.8, 4) is 5.75 Å². The average molecular weight is 333 g/mol. The van der Waals surface area contributed by atoms with Gasteiger partial charge >= 0.3 is 0 Å². The highest BCUT2D eigenvalue weighted by atomic mass is 16.6. The van der Waals surface area contributed by atoms with Gasteiger partial charge in [-0.3, -0.25) is 10.1 Å². The lowest BCUT2D eigenvalue weighted by molar-refractivity contribution is -0.384. The summed E-state index contributed by atoms with van der Waals surface area (Å²) < 4.78 is 5.39. The molecule has 2 fully saturated rings. The molecule has 0 bridgehead atoms. The molecule has 0 aliphatic carbocycles. The average Bonchev–Trinajstić information content (AvgIpc) is 2.62. The van der Waals surface area contributed by atoms with Crippen LogP contribution in [0.5, 0.6) is 5.75 Å². The highest BCUT2D eigenvalue weighted by Crippen LogP contribution is 2.34. The Kier molecular flexibility index (Phi) is 5.23. The molecule has 0 amide bonds. The largest absolute Gasteiger partial charge is 0.494 e. The number of anilines is 1. The van der Waals surface area contributed by atoms with Crippen LogP contribution in [0.3, 0.4) is 0 Å². The molecule has 0 aromatic heterocycles. The molecule has 1 aromatic carbocycles. The van der Waals surface area contributed by atoms with Crippen molar-refractivity contribution in [2.75, 3.05) is 38.2 Å². The number of nitro benzene ring substituents is 1.